The number of allylic oxidation sites excluding steroid dienone is 2. The second-order valence-corrected chi connectivity index (χ2v) is 4.66. The summed E-state index contributed by atoms with van der Waals surface area (Å²) in [6.45, 7) is 13.8. The average molecular weight is 210 g/mol. The fraction of sp³-hybridized carbons (Fsp3) is 0.769. The normalized spacial score (nSPS) is 15.7. The van der Waals surface area contributed by atoms with Gasteiger partial charge in [0.05, 0.1) is 0 Å². The van der Waals surface area contributed by atoms with Crippen LogP contribution in [0, 0.1) is 5.92 Å². The molecule has 0 rings (SSSR count). The van der Waals surface area contributed by atoms with Crippen molar-refractivity contribution in [2.45, 2.75) is 54.0 Å². The van der Waals surface area contributed by atoms with E-state index in [4.69, 9.17) is 0 Å². The molecular weight excluding hydrogens is 184 g/mol. The molecule has 0 aromatic carbocycles. The number of nitrogens with zero attached hydrogens (tertiary/aromatic N) is 1. The van der Waals surface area contributed by atoms with Crippen LogP contribution in [0.2, 0.25) is 0 Å². The molecule has 0 radical (unpaired) electrons. The maximum atomic E-state index is 4.50. The molecule has 0 spiro atoms. The van der Waals surface area contributed by atoms with Gasteiger partial charge >= 0.3 is 0 Å². The summed E-state index contributed by atoms with van der Waals surface area (Å²) in [5, 5.41) is 3.43. The Labute approximate surface area is 94.9 Å². The Morgan fingerprint density at radius 1 is 1.27 bits per heavy atom. The van der Waals surface area contributed by atoms with Crippen LogP contribution in [0.1, 0.15) is 48.0 Å². The SMILES string of the molecule is CCC(C)NC(C)=CC(C)=NCC(C)C. The molecule has 1 atom stereocenters. The fourth-order valence-electron chi connectivity index (χ4n) is 1.22. The van der Waals surface area contributed by atoms with Crippen molar-refractivity contribution >= 4 is 5.71 Å². The zero-order valence-corrected chi connectivity index (χ0v) is 11.1. The van der Waals surface area contributed by atoms with Crippen molar-refractivity contribution in [2.75, 3.05) is 6.54 Å². The Morgan fingerprint density at radius 3 is 2.33 bits per heavy atom. The summed E-state index contributed by atoms with van der Waals surface area (Å²) in [6, 6.07) is 0.541. The highest BCUT2D eigenvalue weighted by Crippen LogP contribution is 1.97. The third-order valence-corrected chi connectivity index (χ3v) is 2.22. The van der Waals surface area contributed by atoms with Crippen molar-refractivity contribution in [3.8, 4) is 0 Å². The van der Waals surface area contributed by atoms with Crippen LogP contribution in [0.3, 0.4) is 0 Å². The highest BCUT2D eigenvalue weighted by molar-refractivity contribution is 5.93. The third kappa shape index (κ3) is 8.22. The maximum Gasteiger partial charge on any atom is 0.0415 e. The van der Waals surface area contributed by atoms with Crippen LogP contribution >= 0.6 is 0 Å². The number of nitrogens with one attached hydrogen (secondary N) is 1. The molecule has 0 bridgehead atoms. The summed E-state index contributed by atoms with van der Waals surface area (Å²) in [5.74, 6) is 0.635. The van der Waals surface area contributed by atoms with Gasteiger partial charge in [0, 0.05) is 24.0 Å². The van der Waals surface area contributed by atoms with Gasteiger partial charge in [0.15, 0.2) is 0 Å². The first-order valence-electron chi connectivity index (χ1n) is 5.91. The fourth-order valence-corrected chi connectivity index (χ4v) is 1.22. The van der Waals surface area contributed by atoms with Gasteiger partial charge in [0.1, 0.15) is 0 Å². The molecule has 0 aliphatic heterocycles. The van der Waals surface area contributed by atoms with E-state index in [0.29, 0.717) is 12.0 Å². The van der Waals surface area contributed by atoms with Crippen LogP contribution in [0.15, 0.2) is 16.8 Å². The van der Waals surface area contributed by atoms with Crippen LogP contribution in [0.25, 0.3) is 0 Å². The van der Waals surface area contributed by atoms with Gasteiger partial charge in [-0.3, -0.25) is 4.99 Å². The Bertz CT molecular complexity index is 227. The Balaban J connectivity index is 4.16. The zero-order valence-electron chi connectivity index (χ0n) is 11.1. The first-order valence-corrected chi connectivity index (χ1v) is 5.91. The molecule has 88 valence electrons. The molecule has 0 saturated carbocycles. The van der Waals surface area contributed by atoms with Gasteiger partial charge in [-0.2, -0.15) is 0 Å². The van der Waals surface area contributed by atoms with Crippen LogP contribution in [-0.4, -0.2) is 18.3 Å². The minimum absolute atomic E-state index is 0.541. The quantitative estimate of drug-likeness (QED) is 0.668. The summed E-state index contributed by atoms with van der Waals surface area (Å²) >= 11 is 0. The topological polar surface area (TPSA) is 24.4 Å². The van der Waals surface area contributed by atoms with Crippen LogP contribution in [-0.2, 0) is 0 Å². The molecule has 0 aromatic heterocycles. The van der Waals surface area contributed by atoms with E-state index in [2.05, 4.69) is 57.9 Å². The minimum Gasteiger partial charge on any atom is -0.386 e. The Kier molecular flexibility index (Phi) is 7.10. The van der Waals surface area contributed by atoms with E-state index in [-0.39, 0.29) is 0 Å². The third-order valence-electron chi connectivity index (χ3n) is 2.22. The van der Waals surface area contributed by atoms with E-state index in [1.165, 1.54) is 5.70 Å². The first kappa shape index (κ1) is 14.2. The predicted molar refractivity (Wildman–Crippen MR) is 69.5 cm³/mol. The molecule has 1 N–H and O–H groups in total. The lowest BCUT2D eigenvalue weighted by molar-refractivity contribution is 0.596. The Morgan fingerprint density at radius 2 is 1.87 bits per heavy atom. The second-order valence-electron chi connectivity index (χ2n) is 4.66. The number of rotatable bonds is 6. The van der Waals surface area contributed by atoms with E-state index in [1.54, 1.807) is 0 Å². The molecule has 0 aliphatic rings. The van der Waals surface area contributed by atoms with E-state index in [1.807, 2.05) is 0 Å². The Hall–Kier alpha value is -0.790. The summed E-state index contributed by atoms with van der Waals surface area (Å²) in [4.78, 5) is 4.50. The van der Waals surface area contributed by atoms with Crippen molar-refractivity contribution in [2.24, 2.45) is 10.9 Å². The van der Waals surface area contributed by atoms with E-state index in [0.717, 1.165) is 18.7 Å². The van der Waals surface area contributed by atoms with E-state index < -0.39 is 0 Å². The molecule has 2 heteroatoms. The summed E-state index contributed by atoms with van der Waals surface area (Å²) in [7, 11) is 0. The van der Waals surface area contributed by atoms with E-state index in [9.17, 15) is 0 Å². The molecule has 0 heterocycles. The average Bonchev–Trinajstić information content (AvgIpc) is 2.14. The summed E-state index contributed by atoms with van der Waals surface area (Å²) in [6.07, 6.45) is 3.27. The molecule has 15 heavy (non-hydrogen) atoms. The van der Waals surface area contributed by atoms with Gasteiger partial charge in [-0.25, -0.2) is 0 Å². The molecule has 2 nitrogen and oxygen atoms in total. The van der Waals surface area contributed by atoms with Crippen LogP contribution in [0.5, 0.6) is 0 Å². The largest absolute Gasteiger partial charge is 0.386 e. The summed E-state index contributed by atoms with van der Waals surface area (Å²) in [5.41, 5.74) is 2.31. The van der Waals surface area contributed by atoms with Gasteiger partial charge in [-0.1, -0.05) is 20.8 Å². The van der Waals surface area contributed by atoms with Crippen molar-refractivity contribution in [3.63, 3.8) is 0 Å². The molecule has 0 fully saturated rings. The number of aliphatic imine (C=N–C) groups is 1. The lowest BCUT2D eigenvalue weighted by Gasteiger charge is -2.13. The van der Waals surface area contributed by atoms with Crippen molar-refractivity contribution in [1.29, 1.82) is 0 Å². The smallest absolute Gasteiger partial charge is 0.0415 e. The van der Waals surface area contributed by atoms with Gasteiger partial charge in [0.2, 0.25) is 0 Å². The standard InChI is InChI=1S/C13H26N2/c1-7-11(4)15-13(6)8-12(5)14-9-10(2)3/h8,10-11,15H,7,9H2,1-6H3. The molecular formula is C13H26N2. The lowest BCUT2D eigenvalue weighted by atomic mass is 10.2. The highest BCUT2D eigenvalue weighted by atomic mass is 14.9. The molecule has 0 aliphatic carbocycles. The van der Waals surface area contributed by atoms with Gasteiger partial charge in [-0.15, -0.1) is 0 Å². The summed E-state index contributed by atoms with van der Waals surface area (Å²) < 4.78 is 0. The van der Waals surface area contributed by atoms with Crippen LogP contribution < -0.4 is 5.32 Å². The number of hydrogen-bond acceptors (Lipinski definition) is 2. The lowest BCUT2D eigenvalue weighted by Crippen LogP contribution is -2.23. The van der Waals surface area contributed by atoms with E-state index >= 15 is 0 Å². The van der Waals surface area contributed by atoms with Gasteiger partial charge in [0.25, 0.3) is 0 Å². The van der Waals surface area contributed by atoms with Crippen molar-refractivity contribution < 1.29 is 0 Å². The van der Waals surface area contributed by atoms with Crippen molar-refractivity contribution in [1.82, 2.24) is 5.32 Å². The monoisotopic (exact) mass is 210 g/mol. The second kappa shape index (κ2) is 7.49. The molecule has 0 saturated heterocycles. The number of hydrogen-bond donors (Lipinski definition) is 1. The maximum absolute atomic E-state index is 4.50. The first-order chi connectivity index (χ1) is 6.95. The van der Waals surface area contributed by atoms with Crippen molar-refractivity contribution in [3.05, 3.63) is 11.8 Å². The van der Waals surface area contributed by atoms with Gasteiger partial charge in [-0.05, 0) is 39.2 Å². The molecule has 1 unspecified atom stereocenters. The minimum atomic E-state index is 0.541. The zero-order chi connectivity index (χ0) is 11.8. The van der Waals surface area contributed by atoms with Gasteiger partial charge < -0.3 is 5.32 Å². The molecule has 0 amide bonds. The predicted octanol–water partition coefficient (Wildman–Crippen LogP) is 3.40. The van der Waals surface area contributed by atoms with Crippen LogP contribution in [0.4, 0.5) is 0 Å². The highest BCUT2D eigenvalue weighted by Gasteiger charge is 1.97. The molecule has 0 aromatic rings.